The Morgan fingerprint density at radius 2 is 2.38 bits per heavy atom. The molecule has 1 aliphatic rings. The van der Waals surface area contributed by atoms with Crippen LogP contribution in [0.15, 0.2) is 10.6 Å². The van der Waals surface area contributed by atoms with Crippen LogP contribution in [0.4, 0.5) is 0 Å². The van der Waals surface area contributed by atoms with Gasteiger partial charge < -0.3 is 14.7 Å². The lowest BCUT2D eigenvalue weighted by Crippen LogP contribution is -2.28. The lowest BCUT2D eigenvalue weighted by Gasteiger charge is -2.13. The van der Waals surface area contributed by atoms with Gasteiger partial charge in [0.15, 0.2) is 0 Å². The Balaban J connectivity index is 1.64. The van der Waals surface area contributed by atoms with E-state index in [-0.39, 0.29) is 0 Å². The molecule has 16 heavy (non-hydrogen) atoms. The number of hydrogen-bond donors (Lipinski definition) is 1. The lowest BCUT2D eigenvalue weighted by atomic mass is 10.3. The van der Waals surface area contributed by atoms with E-state index in [1.807, 2.05) is 0 Å². The average Bonchev–Trinajstić information content (AvgIpc) is 3.05. The van der Waals surface area contributed by atoms with Crippen molar-refractivity contribution in [1.82, 2.24) is 15.4 Å². The summed E-state index contributed by atoms with van der Waals surface area (Å²) in [7, 11) is 2.13. The Morgan fingerprint density at radius 3 is 3.06 bits per heavy atom. The van der Waals surface area contributed by atoms with E-state index in [0.717, 1.165) is 37.6 Å². The molecule has 0 spiro atoms. The third-order valence-corrected chi connectivity index (χ3v) is 3.07. The largest absolute Gasteiger partial charge is 0.361 e. The highest BCUT2D eigenvalue weighted by Gasteiger charge is 2.27. The molecule has 0 bridgehead atoms. The fourth-order valence-corrected chi connectivity index (χ4v) is 1.62. The quantitative estimate of drug-likeness (QED) is 0.713. The normalized spacial score (nSPS) is 15.9. The fourth-order valence-electron chi connectivity index (χ4n) is 1.62. The molecule has 1 heterocycles. The minimum atomic E-state index is 0.660. The molecule has 0 saturated heterocycles. The van der Waals surface area contributed by atoms with E-state index >= 15 is 0 Å². The topological polar surface area (TPSA) is 41.3 Å². The van der Waals surface area contributed by atoms with E-state index in [9.17, 15) is 0 Å². The van der Waals surface area contributed by atoms with Crippen molar-refractivity contribution in [3.8, 4) is 0 Å². The van der Waals surface area contributed by atoms with Crippen molar-refractivity contribution in [3.63, 3.8) is 0 Å². The van der Waals surface area contributed by atoms with Gasteiger partial charge in [-0.2, -0.15) is 0 Å². The summed E-state index contributed by atoms with van der Waals surface area (Å²) < 4.78 is 5.29. The first-order valence-corrected chi connectivity index (χ1v) is 6.14. The number of likely N-dealkylation sites (N-methyl/N-ethyl adjacent to an activating group) is 1. The summed E-state index contributed by atoms with van der Waals surface area (Å²) in [6.07, 6.45) is 2.53. The van der Waals surface area contributed by atoms with Crippen LogP contribution in [0.1, 0.15) is 37.1 Å². The van der Waals surface area contributed by atoms with Crippen LogP contribution in [0.3, 0.4) is 0 Å². The Labute approximate surface area is 97.0 Å². The molecule has 0 atom stereocenters. The molecule has 0 aliphatic heterocycles. The summed E-state index contributed by atoms with van der Waals surface area (Å²) in [6, 6.07) is 2.09. The number of aromatic nitrogens is 1. The molecule has 1 saturated carbocycles. The molecule has 0 unspecified atom stereocenters. The van der Waals surface area contributed by atoms with Gasteiger partial charge in [-0.25, -0.2) is 0 Å². The smallest absolute Gasteiger partial charge is 0.140 e. The van der Waals surface area contributed by atoms with Gasteiger partial charge in [0, 0.05) is 31.6 Å². The molecule has 2 rings (SSSR count). The number of nitrogens with one attached hydrogen (secondary N) is 1. The highest BCUT2D eigenvalue weighted by Crippen LogP contribution is 2.40. The maximum absolute atomic E-state index is 5.29. The predicted octanol–water partition coefficient (Wildman–Crippen LogP) is 1.59. The first-order valence-electron chi connectivity index (χ1n) is 6.14. The molecule has 1 aromatic rings. The van der Waals surface area contributed by atoms with Gasteiger partial charge in [0.2, 0.25) is 0 Å². The van der Waals surface area contributed by atoms with Crippen LogP contribution in [0.5, 0.6) is 0 Å². The van der Waals surface area contributed by atoms with Crippen molar-refractivity contribution in [2.75, 3.05) is 26.7 Å². The van der Waals surface area contributed by atoms with E-state index in [2.05, 4.69) is 35.4 Å². The average molecular weight is 223 g/mol. The molecule has 0 amide bonds. The number of rotatable bonds is 7. The fraction of sp³-hybridized carbons (Fsp3) is 0.750. The molecule has 1 N–H and O–H groups in total. The SMILES string of the molecule is CCN(C)CCNCc1cc(C2CC2)on1. The zero-order chi connectivity index (χ0) is 11.4. The van der Waals surface area contributed by atoms with Crippen LogP contribution < -0.4 is 5.32 Å². The van der Waals surface area contributed by atoms with Crippen LogP contribution in [0, 0.1) is 0 Å². The molecular formula is C12H21N3O. The third-order valence-electron chi connectivity index (χ3n) is 3.07. The number of hydrogen-bond acceptors (Lipinski definition) is 4. The van der Waals surface area contributed by atoms with Gasteiger partial charge in [0.05, 0.1) is 5.69 Å². The molecule has 1 aromatic heterocycles. The summed E-state index contributed by atoms with van der Waals surface area (Å²) in [4.78, 5) is 2.28. The van der Waals surface area contributed by atoms with E-state index in [0.29, 0.717) is 5.92 Å². The van der Waals surface area contributed by atoms with Crippen LogP contribution in [-0.4, -0.2) is 36.7 Å². The van der Waals surface area contributed by atoms with Gasteiger partial charge in [-0.15, -0.1) is 0 Å². The lowest BCUT2D eigenvalue weighted by molar-refractivity contribution is 0.345. The Bertz CT molecular complexity index is 320. The van der Waals surface area contributed by atoms with Gasteiger partial charge >= 0.3 is 0 Å². The van der Waals surface area contributed by atoms with E-state index in [1.165, 1.54) is 12.8 Å². The second-order valence-corrected chi connectivity index (χ2v) is 4.57. The highest BCUT2D eigenvalue weighted by atomic mass is 16.5. The van der Waals surface area contributed by atoms with Crippen LogP contribution >= 0.6 is 0 Å². The van der Waals surface area contributed by atoms with E-state index in [4.69, 9.17) is 4.52 Å². The van der Waals surface area contributed by atoms with Crippen molar-refractivity contribution in [1.29, 1.82) is 0 Å². The minimum absolute atomic E-state index is 0.660. The van der Waals surface area contributed by atoms with Crippen LogP contribution in [-0.2, 0) is 6.54 Å². The molecule has 1 aliphatic carbocycles. The van der Waals surface area contributed by atoms with Crippen LogP contribution in [0.25, 0.3) is 0 Å². The van der Waals surface area contributed by atoms with Crippen molar-refractivity contribution >= 4 is 0 Å². The van der Waals surface area contributed by atoms with Gasteiger partial charge in [-0.05, 0) is 26.4 Å². The van der Waals surface area contributed by atoms with Crippen molar-refractivity contribution in [3.05, 3.63) is 17.5 Å². The first-order chi connectivity index (χ1) is 7.79. The Morgan fingerprint density at radius 1 is 1.56 bits per heavy atom. The minimum Gasteiger partial charge on any atom is -0.361 e. The van der Waals surface area contributed by atoms with Crippen molar-refractivity contribution in [2.45, 2.75) is 32.2 Å². The summed E-state index contributed by atoms with van der Waals surface area (Å²) >= 11 is 0. The molecule has 4 nitrogen and oxygen atoms in total. The van der Waals surface area contributed by atoms with E-state index in [1.54, 1.807) is 0 Å². The van der Waals surface area contributed by atoms with Crippen molar-refractivity contribution in [2.24, 2.45) is 0 Å². The number of nitrogens with zero attached hydrogens (tertiary/aromatic N) is 2. The zero-order valence-corrected chi connectivity index (χ0v) is 10.2. The van der Waals surface area contributed by atoms with Crippen molar-refractivity contribution < 1.29 is 4.52 Å². The Kier molecular flexibility index (Phi) is 3.96. The van der Waals surface area contributed by atoms with Gasteiger partial charge in [-0.3, -0.25) is 0 Å². The summed E-state index contributed by atoms with van der Waals surface area (Å²) in [5.74, 6) is 1.73. The highest BCUT2D eigenvalue weighted by molar-refractivity contribution is 5.14. The third kappa shape index (κ3) is 3.32. The standard InChI is InChI=1S/C12H21N3O/c1-3-15(2)7-6-13-9-11-8-12(16-14-11)10-4-5-10/h8,10,13H,3-7,9H2,1-2H3. The molecular weight excluding hydrogens is 202 g/mol. The summed E-state index contributed by atoms with van der Waals surface area (Å²) in [6.45, 7) is 6.14. The van der Waals surface area contributed by atoms with Gasteiger partial charge in [-0.1, -0.05) is 12.1 Å². The Hall–Kier alpha value is -0.870. The van der Waals surface area contributed by atoms with Gasteiger partial charge in [0.1, 0.15) is 5.76 Å². The molecule has 1 fully saturated rings. The molecule has 4 heteroatoms. The van der Waals surface area contributed by atoms with Gasteiger partial charge in [0.25, 0.3) is 0 Å². The monoisotopic (exact) mass is 223 g/mol. The maximum atomic E-state index is 5.29. The maximum Gasteiger partial charge on any atom is 0.140 e. The zero-order valence-electron chi connectivity index (χ0n) is 10.2. The second kappa shape index (κ2) is 5.46. The summed E-state index contributed by atoms with van der Waals surface area (Å²) in [5, 5.41) is 7.44. The molecule has 90 valence electrons. The summed E-state index contributed by atoms with van der Waals surface area (Å²) in [5.41, 5.74) is 1.03. The second-order valence-electron chi connectivity index (χ2n) is 4.57. The molecule has 0 radical (unpaired) electrons. The molecule has 0 aromatic carbocycles. The van der Waals surface area contributed by atoms with Crippen LogP contribution in [0.2, 0.25) is 0 Å². The predicted molar refractivity (Wildman–Crippen MR) is 63.4 cm³/mol. The van der Waals surface area contributed by atoms with E-state index < -0.39 is 0 Å². The first kappa shape index (κ1) is 11.6.